The summed E-state index contributed by atoms with van der Waals surface area (Å²) in [6, 6.07) is 4.66. The van der Waals surface area contributed by atoms with E-state index in [-0.39, 0.29) is 14.9 Å². The summed E-state index contributed by atoms with van der Waals surface area (Å²) in [4.78, 5) is -0.0434. The first-order valence-corrected chi connectivity index (χ1v) is 8.27. The predicted molar refractivity (Wildman–Crippen MR) is 77.3 cm³/mol. The second kappa shape index (κ2) is 5.58. The smallest absolute Gasteiger partial charge is 0.244 e. The number of benzene rings is 1. The second-order valence-corrected chi connectivity index (χ2v) is 7.40. The SMILES string of the molecule is CC1(NS(=O)(=O)c2c(Cl)cccc2Cl)CCNCC1. The highest BCUT2D eigenvalue weighted by molar-refractivity contribution is 7.89. The van der Waals surface area contributed by atoms with Gasteiger partial charge in [0.25, 0.3) is 0 Å². The predicted octanol–water partition coefficient (Wildman–Crippen LogP) is 2.41. The molecule has 1 aromatic carbocycles. The largest absolute Gasteiger partial charge is 0.317 e. The normalized spacial score (nSPS) is 19.3. The summed E-state index contributed by atoms with van der Waals surface area (Å²) in [6.45, 7) is 3.47. The number of halogens is 2. The van der Waals surface area contributed by atoms with Gasteiger partial charge in [-0.05, 0) is 45.0 Å². The van der Waals surface area contributed by atoms with Crippen molar-refractivity contribution in [2.45, 2.75) is 30.2 Å². The third-order valence-corrected chi connectivity index (χ3v) is 5.87. The minimum atomic E-state index is -3.72. The molecule has 0 radical (unpaired) electrons. The van der Waals surface area contributed by atoms with Crippen LogP contribution in [-0.2, 0) is 10.0 Å². The minimum Gasteiger partial charge on any atom is -0.317 e. The van der Waals surface area contributed by atoms with Gasteiger partial charge < -0.3 is 5.32 Å². The average molecular weight is 323 g/mol. The first kappa shape index (κ1) is 15.1. The van der Waals surface area contributed by atoms with Crippen molar-refractivity contribution in [2.24, 2.45) is 0 Å². The Morgan fingerprint density at radius 3 is 2.26 bits per heavy atom. The van der Waals surface area contributed by atoms with E-state index in [1.165, 1.54) is 12.1 Å². The Morgan fingerprint density at radius 1 is 1.21 bits per heavy atom. The van der Waals surface area contributed by atoms with Gasteiger partial charge in [0.2, 0.25) is 10.0 Å². The molecule has 2 rings (SSSR count). The molecular weight excluding hydrogens is 307 g/mol. The molecule has 1 aliphatic heterocycles. The summed E-state index contributed by atoms with van der Waals surface area (Å²) in [7, 11) is -3.72. The number of sulfonamides is 1. The molecular formula is C12H16Cl2N2O2S. The van der Waals surface area contributed by atoms with E-state index in [0.717, 1.165) is 25.9 Å². The average Bonchev–Trinajstić information content (AvgIpc) is 2.27. The van der Waals surface area contributed by atoms with Crippen LogP contribution in [-0.4, -0.2) is 27.0 Å². The van der Waals surface area contributed by atoms with Crippen LogP contribution in [0.3, 0.4) is 0 Å². The molecule has 0 unspecified atom stereocenters. The Morgan fingerprint density at radius 2 is 1.74 bits per heavy atom. The van der Waals surface area contributed by atoms with Crippen molar-refractivity contribution < 1.29 is 8.42 Å². The third kappa shape index (κ3) is 3.41. The molecule has 0 atom stereocenters. The lowest BCUT2D eigenvalue weighted by Crippen LogP contribution is -2.52. The lowest BCUT2D eigenvalue weighted by Gasteiger charge is -2.34. The summed E-state index contributed by atoms with van der Waals surface area (Å²) in [5.41, 5.74) is -0.466. The first-order valence-electron chi connectivity index (χ1n) is 6.03. The number of hydrogen-bond acceptors (Lipinski definition) is 3. The highest BCUT2D eigenvalue weighted by Gasteiger charge is 2.33. The zero-order valence-corrected chi connectivity index (χ0v) is 12.9. The maximum absolute atomic E-state index is 12.4. The second-order valence-electron chi connectivity index (χ2n) is 4.97. The van der Waals surface area contributed by atoms with Crippen LogP contribution < -0.4 is 10.0 Å². The molecule has 0 saturated carbocycles. The highest BCUT2D eigenvalue weighted by atomic mass is 35.5. The van der Waals surface area contributed by atoms with E-state index in [9.17, 15) is 8.42 Å². The van der Waals surface area contributed by atoms with Crippen molar-refractivity contribution in [2.75, 3.05) is 13.1 Å². The molecule has 0 amide bonds. The van der Waals surface area contributed by atoms with Gasteiger partial charge in [-0.3, -0.25) is 0 Å². The van der Waals surface area contributed by atoms with Crippen molar-refractivity contribution in [1.29, 1.82) is 0 Å². The lowest BCUT2D eigenvalue weighted by molar-refractivity contribution is 0.308. The zero-order chi connectivity index (χ0) is 14.1. The van der Waals surface area contributed by atoms with Gasteiger partial charge in [0.05, 0.1) is 10.0 Å². The lowest BCUT2D eigenvalue weighted by atomic mass is 9.92. The monoisotopic (exact) mass is 322 g/mol. The van der Waals surface area contributed by atoms with Crippen LogP contribution in [0, 0.1) is 0 Å². The molecule has 2 N–H and O–H groups in total. The zero-order valence-electron chi connectivity index (χ0n) is 10.5. The molecule has 19 heavy (non-hydrogen) atoms. The van der Waals surface area contributed by atoms with Gasteiger partial charge in [-0.2, -0.15) is 0 Å². The maximum Gasteiger partial charge on any atom is 0.244 e. The van der Waals surface area contributed by atoms with Crippen molar-refractivity contribution in [3.63, 3.8) is 0 Å². The molecule has 106 valence electrons. The molecule has 1 fully saturated rings. The van der Waals surface area contributed by atoms with Crippen LogP contribution in [0.15, 0.2) is 23.1 Å². The van der Waals surface area contributed by atoms with Gasteiger partial charge in [0.1, 0.15) is 4.90 Å². The molecule has 0 aromatic heterocycles. The molecule has 1 aromatic rings. The quantitative estimate of drug-likeness (QED) is 0.898. The van der Waals surface area contributed by atoms with Gasteiger partial charge in [-0.25, -0.2) is 13.1 Å². The molecule has 1 aliphatic rings. The minimum absolute atomic E-state index is 0.0434. The van der Waals surface area contributed by atoms with E-state index in [1.54, 1.807) is 6.07 Å². The van der Waals surface area contributed by atoms with Gasteiger partial charge in [-0.15, -0.1) is 0 Å². The standard InChI is InChI=1S/C12H16Cl2N2O2S/c1-12(5-7-15-8-6-12)16-19(17,18)11-9(13)3-2-4-10(11)14/h2-4,15-16H,5-8H2,1H3. The van der Waals surface area contributed by atoms with Gasteiger partial charge in [-0.1, -0.05) is 29.3 Å². The summed E-state index contributed by atoms with van der Waals surface area (Å²) >= 11 is 11.9. The molecule has 4 nitrogen and oxygen atoms in total. The van der Waals surface area contributed by atoms with E-state index < -0.39 is 15.6 Å². The Hall–Kier alpha value is -0.330. The van der Waals surface area contributed by atoms with Crippen molar-refractivity contribution in [1.82, 2.24) is 10.0 Å². The van der Waals surface area contributed by atoms with Crippen molar-refractivity contribution in [3.05, 3.63) is 28.2 Å². The van der Waals surface area contributed by atoms with Crippen LogP contribution in [0.4, 0.5) is 0 Å². The van der Waals surface area contributed by atoms with Crippen LogP contribution >= 0.6 is 23.2 Å². The fourth-order valence-electron chi connectivity index (χ4n) is 2.20. The number of rotatable bonds is 3. The number of nitrogens with one attached hydrogen (secondary N) is 2. The highest BCUT2D eigenvalue weighted by Crippen LogP contribution is 2.30. The Bertz CT molecular complexity index is 549. The van der Waals surface area contributed by atoms with E-state index in [4.69, 9.17) is 23.2 Å². The number of hydrogen-bond donors (Lipinski definition) is 2. The molecule has 7 heteroatoms. The Labute approximate surface area is 123 Å². The summed E-state index contributed by atoms with van der Waals surface area (Å²) in [6.07, 6.45) is 1.46. The van der Waals surface area contributed by atoms with Crippen molar-refractivity contribution >= 4 is 33.2 Å². The maximum atomic E-state index is 12.4. The fraction of sp³-hybridized carbons (Fsp3) is 0.500. The fourth-order valence-corrected chi connectivity index (χ4v) is 4.81. The molecule has 1 saturated heterocycles. The summed E-state index contributed by atoms with van der Waals surface area (Å²) in [5.74, 6) is 0. The van der Waals surface area contributed by atoms with Gasteiger partial charge >= 0.3 is 0 Å². The van der Waals surface area contributed by atoms with E-state index in [2.05, 4.69) is 10.0 Å². The van der Waals surface area contributed by atoms with E-state index in [1.807, 2.05) is 6.92 Å². The van der Waals surface area contributed by atoms with Crippen LogP contribution in [0.2, 0.25) is 10.0 Å². The summed E-state index contributed by atoms with van der Waals surface area (Å²) in [5, 5.41) is 3.47. The van der Waals surface area contributed by atoms with Crippen LogP contribution in [0.5, 0.6) is 0 Å². The van der Waals surface area contributed by atoms with Crippen LogP contribution in [0.25, 0.3) is 0 Å². The third-order valence-electron chi connectivity index (χ3n) is 3.28. The first-order chi connectivity index (χ1) is 8.84. The van der Waals surface area contributed by atoms with Crippen LogP contribution in [0.1, 0.15) is 19.8 Å². The Kier molecular flexibility index (Phi) is 4.42. The van der Waals surface area contributed by atoms with E-state index in [0.29, 0.717) is 0 Å². The molecule has 0 bridgehead atoms. The topological polar surface area (TPSA) is 58.2 Å². The van der Waals surface area contributed by atoms with E-state index >= 15 is 0 Å². The Balaban J connectivity index is 2.33. The summed E-state index contributed by atoms with van der Waals surface area (Å²) < 4.78 is 27.6. The van der Waals surface area contributed by atoms with Gasteiger partial charge in [0.15, 0.2) is 0 Å². The molecule has 0 aliphatic carbocycles. The molecule has 0 spiro atoms. The number of piperidine rings is 1. The molecule has 1 heterocycles. The van der Waals surface area contributed by atoms with Gasteiger partial charge in [0, 0.05) is 5.54 Å². The van der Waals surface area contributed by atoms with Crippen molar-refractivity contribution in [3.8, 4) is 0 Å².